The molecule has 3 nitrogen and oxygen atoms in total. The first-order valence-electron chi connectivity index (χ1n) is 8.09. The zero-order chi connectivity index (χ0) is 16.5. The van der Waals surface area contributed by atoms with E-state index in [1.54, 1.807) is 0 Å². The number of aromatic nitrogens is 1. The fourth-order valence-electron chi connectivity index (χ4n) is 3.17. The molecule has 122 valence electrons. The Morgan fingerprint density at radius 2 is 1.88 bits per heavy atom. The van der Waals surface area contributed by atoms with Gasteiger partial charge in [0.15, 0.2) is 6.23 Å². The number of halogens is 1. The van der Waals surface area contributed by atoms with Crippen LogP contribution in [0.5, 0.6) is 0 Å². The second kappa shape index (κ2) is 6.34. The molecule has 2 heterocycles. The van der Waals surface area contributed by atoms with E-state index in [-0.39, 0.29) is 6.23 Å². The number of anilines is 1. The minimum Gasteiger partial charge on any atom is -0.352 e. The van der Waals surface area contributed by atoms with E-state index >= 15 is 0 Å². The van der Waals surface area contributed by atoms with Crippen LogP contribution >= 0.6 is 11.6 Å². The van der Waals surface area contributed by atoms with Gasteiger partial charge < -0.3 is 14.2 Å². The first kappa shape index (κ1) is 15.3. The highest BCUT2D eigenvalue weighted by molar-refractivity contribution is 6.30. The summed E-state index contributed by atoms with van der Waals surface area (Å²) in [7, 11) is 0. The Morgan fingerprint density at radius 3 is 2.71 bits per heavy atom. The van der Waals surface area contributed by atoms with Crippen LogP contribution in [0.1, 0.15) is 17.4 Å². The standard InChI is InChI=1S/C20H19ClN2O/c1-15-4-2-7-19(12-15)23-10-11-24-20(23)16-8-9-22(14-16)18-6-3-5-17(21)13-18/h2-9,12-14,20H,10-11H2,1H3/t20-/m1/s1. The summed E-state index contributed by atoms with van der Waals surface area (Å²) in [6.07, 6.45) is 4.12. The van der Waals surface area contributed by atoms with Gasteiger partial charge in [-0.15, -0.1) is 0 Å². The van der Waals surface area contributed by atoms with Gasteiger partial charge in [-0.05, 0) is 48.9 Å². The molecule has 4 rings (SSSR count). The Hall–Kier alpha value is -2.23. The summed E-state index contributed by atoms with van der Waals surface area (Å²) in [5.74, 6) is 0. The Bertz CT molecular complexity index is 858. The molecule has 0 unspecified atom stereocenters. The van der Waals surface area contributed by atoms with Crippen molar-refractivity contribution in [1.82, 2.24) is 4.57 Å². The van der Waals surface area contributed by atoms with Gasteiger partial charge in [-0.25, -0.2) is 0 Å². The quantitative estimate of drug-likeness (QED) is 0.670. The number of ether oxygens (including phenoxy) is 1. The molecule has 0 spiro atoms. The van der Waals surface area contributed by atoms with E-state index in [4.69, 9.17) is 16.3 Å². The number of benzene rings is 2. The van der Waals surface area contributed by atoms with Crippen LogP contribution in [-0.4, -0.2) is 17.7 Å². The van der Waals surface area contributed by atoms with Crippen LogP contribution in [0, 0.1) is 6.92 Å². The summed E-state index contributed by atoms with van der Waals surface area (Å²) < 4.78 is 8.09. The van der Waals surface area contributed by atoms with Gasteiger partial charge >= 0.3 is 0 Å². The summed E-state index contributed by atoms with van der Waals surface area (Å²) in [5, 5.41) is 0.737. The van der Waals surface area contributed by atoms with Gasteiger partial charge in [0.05, 0.1) is 6.61 Å². The Kier molecular flexibility index (Phi) is 4.05. The monoisotopic (exact) mass is 338 g/mol. The second-order valence-electron chi connectivity index (χ2n) is 6.09. The highest BCUT2D eigenvalue weighted by Crippen LogP contribution is 2.33. The van der Waals surface area contributed by atoms with Crippen LogP contribution in [0.4, 0.5) is 5.69 Å². The third-order valence-electron chi connectivity index (χ3n) is 4.33. The Morgan fingerprint density at radius 1 is 1.04 bits per heavy atom. The molecule has 1 saturated heterocycles. The lowest BCUT2D eigenvalue weighted by Crippen LogP contribution is -2.23. The SMILES string of the molecule is Cc1cccc(N2CCO[C@@H]2c2ccn(-c3cccc(Cl)c3)c2)c1. The molecule has 1 aromatic heterocycles. The number of rotatable bonds is 3. The molecule has 4 heteroatoms. The molecule has 1 aliphatic rings. The molecule has 0 amide bonds. The lowest BCUT2D eigenvalue weighted by molar-refractivity contribution is 0.114. The molecule has 24 heavy (non-hydrogen) atoms. The smallest absolute Gasteiger partial charge is 0.158 e. The van der Waals surface area contributed by atoms with Gasteiger partial charge in [-0.1, -0.05) is 29.8 Å². The van der Waals surface area contributed by atoms with Crippen LogP contribution in [0.2, 0.25) is 5.02 Å². The van der Waals surface area contributed by atoms with Crippen molar-refractivity contribution in [2.75, 3.05) is 18.1 Å². The summed E-state index contributed by atoms with van der Waals surface area (Å²) in [6.45, 7) is 3.75. The van der Waals surface area contributed by atoms with Crippen LogP contribution in [0.15, 0.2) is 67.0 Å². The molecule has 2 aromatic carbocycles. The zero-order valence-corrected chi connectivity index (χ0v) is 14.3. The van der Waals surface area contributed by atoms with E-state index in [0.29, 0.717) is 0 Å². The van der Waals surface area contributed by atoms with Crippen molar-refractivity contribution >= 4 is 17.3 Å². The molecule has 0 N–H and O–H groups in total. The highest BCUT2D eigenvalue weighted by Gasteiger charge is 2.27. The van der Waals surface area contributed by atoms with Crippen molar-refractivity contribution in [3.05, 3.63) is 83.1 Å². The summed E-state index contributed by atoms with van der Waals surface area (Å²) in [5.41, 5.74) is 4.66. The lowest BCUT2D eigenvalue weighted by atomic mass is 10.2. The molecular formula is C20H19ClN2O. The average molecular weight is 339 g/mol. The van der Waals surface area contributed by atoms with Gasteiger partial charge in [-0.2, -0.15) is 0 Å². The van der Waals surface area contributed by atoms with Crippen molar-refractivity contribution in [3.63, 3.8) is 0 Å². The molecule has 0 aliphatic carbocycles. The molecule has 0 bridgehead atoms. The minimum absolute atomic E-state index is 0.0489. The topological polar surface area (TPSA) is 17.4 Å². The van der Waals surface area contributed by atoms with Crippen LogP contribution in [0.3, 0.4) is 0 Å². The summed E-state index contributed by atoms with van der Waals surface area (Å²) in [6, 6.07) is 18.5. The molecule has 0 radical (unpaired) electrons. The Balaban J connectivity index is 1.64. The van der Waals surface area contributed by atoms with Crippen LogP contribution < -0.4 is 4.90 Å². The highest BCUT2D eigenvalue weighted by atomic mass is 35.5. The molecule has 0 saturated carbocycles. The van der Waals surface area contributed by atoms with E-state index in [9.17, 15) is 0 Å². The first-order valence-corrected chi connectivity index (χ1v) is 8.47. The van der Waals surface area contributed by atoms with Gasteiger partial charge in [0.1, 0.15) is 0 Å². The van der Waals surface area contributed by atoms with Crippen molar-refractivity contribution < 1.29 is 4.74 Å². The van der Waals surface area contributed by atoms with E-state index in [0.717, 1.165) is 29.4 Å². The van der Waals surface area contributed by atoms with Crippen molar-refractivity contribution in [2.45, 2.75) is 13.2 Å². The number of nitrogens with zero attached hydrogens (tertiary/aromatic N) is 2. The van der Waals surface area contributed by atoms with Gasteiger partial charge in [0.25, 0.3) is 0 Å². The zero-order valence-electron chi connectivity index (χ0n) is 13.5. The molecule has 1 aliphatic heterocycles. The van der Waals surface area contributed by atoms with E-state index in [1.807, 2.05) is 24.3 Å². The van der Waals surface area contributed by atoms with Crippen molar-refractivity contribution in [2.24, 2.45) is 0 Å². The second-order valence-corrected chi connectivity index (χ2v) is 6.52. The molecule has 1 atom stereocenters. The lowest BCUT2D eigenvalue weighted by Gasteiger charge is -2.25. The maximum atomic E-state index is 6.10. The van der Waals surface area contributed by atoms with Crippen molar-refractivity contribution in [1.29, 1.82) is 0 Å². The summed E-state index contributed by atoms with van der Waals surface area (Å²) >= 11 is 6.10. The van der Waals surface area contributed by atoms with Crippen molar-refractivity contribution in [3.8, 4) is 5.69 Å². The van der Waals surface area contributed by atoms with Gasteiger partial charge in [0, 0.05) is 40.9 Å². The van der Waals surface area contributed by atoms with E-state index in [1.165, 1.54) is 11.3 Å². The van der Waals surface area contributed by atoms with Gasteiger partial charge in [-0.3, -0.25) is 0 Å². The summed E-state index contributed by atoms with van der Waals surface area (Å²) in [4.78, 5) is 2.31. The van der Waals surface area contributed by atoms with Crippen LogP contribution in [0.25, 0.3) is 5.69 Å². The van der Waals surface area contributed by atoms with E-state index < -0.39 is 0 Å². The Labute approximate surface area is 147 Å². The fourth-order valence-corrected chi connectivity index (χ4v) is 3.36. The normalized spacial score (nSPS) is 17.4. The maximum absolute atomic E-state index is 6.10. The number of hydrogen-bond acceptors (Lipinski definition) is 2. The van der Waals surface area contributed by atoms with E-state index in [2.05, 4.69) is 59.1 Å². The predicted molar refractivity (Wildman–Crippen MR) is 98.0 cm³/mol. The molecule has 1 fully saturated rings. The third kappa shape index (κ3) is 2.93. The first-order chi connectivity index (χ1) is 11.7. The molecular weight excluding hydrogens is 320 g/mol. The maximum Gasteiger partial charge on any atom is 0.158 e. The average Bonchev–Trinajstić information content (AvgIpc) is 3.24. The largest absolute Gasteiger partial charge is 0.352 e. The third-order valence-corrected chi connectivity index (χ3v) is 4.57. The minimum atomic E-state index is -0.0489. The number of hydrogen-bond donors (Lipinski definition) is 0. The fraction of sp³-hybridized carbons (Fsp3) is 0.200. The predicted octanol–water partition coefficient (Wildman–Crippen LogP) is 4.97. The van der Waals surface area contributed by atoms with Gasteiger partial charge in [0.2, 0.25) is 0 Å². The number of aryl methyl sites for hydroxylation is 1. The van der Waals surface area contributed by atoms with Crippen LogP contribution in [-0.2, 0) is 4.74 Å². The molecule has 3 aromatic rings.